The maximum atomic E-state index is 12.7. The van der Waals surface area contributed by atoms with E-state index in [1.807, 2.05) is 6.07 Å². The maximum Gasteiger partial charge on any atom is 0.325 e. The minimum absolute atomic E-state index is 0.0372. The third-order valence-electron chi connectivity index (χ3n) is 4.84. The van der Waals surface area contributed by atoms with Crippen LogP contribution in [0.1, 0.15) is 17.3 Å². The van der Waals surface area contributed by atoms with Crippen molar-refractivity contribution in [3.05, 3.63) is 48.0 Å². The SMILES string of the molecule is CC(=O)c1ccc(NC(=O)CN2CCN(c3ccc4c(c3)OCCO4)C2=O)cc1. The molecule has 0 bridgehead atoms. The average molecular weight is 395 g/mol. The number of nitrogens with one attached hydrogen (secondary N) is 1. The zero-order valence-electron chi connectivity index (χ0n) is 16.0. The van der Waals surface area contributed by atoms with Crippen LogP contribution in [-0.2, 0) is 4.79 Å². The summed E-state index contributed by atoms with van der Waals surface area (Å²) >= 11 is 0. The number of carbonyl (C=O) groups is 3. The molecule has 0 radical (unpaired) electrons. The Kier molecular flexibility index (Phi) is 5.07. The van der Waals surface area contributed by atoms with Gasteiger partial charge in [-0.25, -0.2) is 4.79 Å². The van der Waals surface area contributed by atoms with Crippen molar-refractivity contribution in [2.45, 2.75) is 6.92 Å². The van der Waals surface area contributed by atoms with Gasteiger partial charge in [-0.2, -0.15) is 0 Å². The highest BCUT2D eigenvalue weighted by molar-refractivity contribution is 6.00. The number of ether oxygens (including phenoxy) is 2. The van der Waals surface area contributed by atoms with Gasteiger partial charge in [-0.15, -0.1) is 0 Å². The van der Waals surface area contributed by atoms with E-state index in [4.69, 9.17) is 9.47 Å². The number of rotatable bonds is 5. The van der Waals surface area contributed by atoms with Crippen LogP contribution in [0.5, 0.6) is 11.5 Å². The Bertz CT molecular complexity index is 957. The van der Waals surface area contributed by atoms with Crippen LogP contribution in [0.2, 0.25) is 0 Å². The number of Topliss-reactive ketones (excluding diaryl/α,β-unsaturated/α-hetero) is 1. The largest absolute Gasteiger partial charge is 0.486 e. The summed E-state index contributed by atoms with van der Waals surface area (Å²) in [4.78, 5) is 39.5. The molecule has 0 saturated carbocycles. The molecule has 2 aliphatic rings. The second-order valence-corrected chi connectivity index (χ2v) is 6.87. The number of ketones is 1. The quantitative estimate of drug-likeness (QED) is 0.786. The average Bonchev–Trinajstić information content (AvgIpc) is 3.08. The van der Waals surface area contributed by atoms with Crippen molar-refractivity contribution in [1.29, 1.82) is 0 Å². The number of carbonyl (C=O) groups excluding carboxylic acids is 3. The lowest BCUT2D eigenvalue weighted by Gasteiger charge is -2.22. The van der Waals surface area contributed by atoms with E-state index in [1.165, 1.54) is 11.8 Å². The predicted molar refractivity (Wildman–Crippen MR) is 107 cm³/mol. The number of benzene rings is 2. The summed E-state index contributed by atoms with van der Waals surface area (Å²) in [7, 11) is 0. The molecule has 8 nitrogen and oxygen atoms in total. The number of hydrogen-bond acceptors (Lipinski definition) is 5. The Morgan fingerprint density at radius 3 is 2.45 bits per heavy atom. The van der Waals surface area contributed by atoms with Crippen molar-refractivity contribution in [3.8, 4) is 11.5 Å². The Labute approximate surface area is 168 Å². The molecule has 1 fully saturated rings. The zero-order valence-corrected chi connectivity index (χ0v) is 16.0. The van der Waals surface area contributed by atoms with Crippen LogP contribution >= 0.6 is 0 Å². The Balaban J connectivity index is 1.37. The lowest BCUT2D eigenvalue weighted by molar-refractivity contribution is -0.116. The molecule has 8 heteroatoms. The molecule has 2 heterocycles. The molecule has 1 N–H and O–H groups in total. The Morgan fingerprint density at radius 2 is 1.72 bits per heavy atom. The molecule has 0 aromatic heterocycles. The normalized spacial score (nSPS) is 15.4. The molecule has 0 aliphatic carbocycles. The van der Waals surface area contributed by atoms with Crippen LogP contribution in [0.25, 0.3) is 0 Å². The summed E-state index contributed by atoms with van der Waals surface area (Å²) in [5.41, 5.74) is 1.87. The van der Waals surface area contributed by atoms with Gasteiger partial charge in [0.15, 0.2) is 17.3 Å². The highest BCUT2D eigenvalue weighted by atomic mass is 16.6. The van der Waals surface area contributed by atoms with Gasteiger partial charge in [0.25, 0.3) is 0 Å². The fourth-order valence-electron chi connectivity index (χ4n) is 3.33. The Morgan fingerprint density at radius 1 is 1.00 bits per heavy atom. The molecular weight excluding hydrogens is 374 g/mol. The van der Waals surface area contributed by atoms with E-state index in [1.54, 1.807) is 41.3 Å². The first-order chi connectivity index (χ1) is 14.0. The van der Waals surface area contributed by atoms with E-state index in [2.05, 4.69) is 5.32 Å². The molecule has 0 spiro atoms. The summed E-state index contributed by atoms with van der Waals surface area (Å²) < 4.78 is 11.1. The van der Waals surface area contributed by atoms with Crippen molar-refractivity contribution in [2.24, 2.45) is 0 Å². The van der Waals surface area contributed by atoms with Crippen molar-refractivity contribution in [2.75, 3.05) is 43.1 Å². The van der Waals surface area contributed by atoms with Crippen molar-refractivity contribution >= 4 is 29.1 Å². The molecule has 1 saturated heterocycles. The van der Waals surface area contributed by atoms with E-state index in [0.29, 0.717) is 54.7 Å². The van der Waals surface area contributed by atoms with Crippen molar-refractivity contribution in [3.63, 3.8) is 0 Å². The van der Waals surface area contributed by atoms with Crippen molar-refractivity contribution in [1.82, 2.24) is 4.90 Å². The minimum Gasteiger partial charge on any atom is -0.486 e. The minimum atomic E-state index is -0.294. The van der Waals surface area contributed by atoms with Gasteiger partial charge in [0.1, 0.15) is 19.8 Å². The lowest BCUT2D eigenvalue weighted by atomic mass is 10.1. The first-order valence-electron chi connectivity index (χ1n) is 9.38. The first kappa shape index (κ1) is 18.8. The second kappa shape index (κ2) is 7.83. The highest BCUT2D eigenvalue weighted by Gasteiger charge is 2.31. The lowest BCUT2D eigenvalue weighted by Crippen LogP contribution is -2.37. The van der Waals surface area contributed by atoms with Crippen LogP contribution in [0.15, 0.2) is 42.5 Å². The molecule has 0 unspecified atom stereocenters. The van der Waals surface area contributed by atoms with E-state index < -0.39 is 0 Å². The van der Waals surface area contributed by atoms with E-state index in [9.17, 15) is 14.4 Å². The third kappa shape index (κ3) is 4.01. The number of urea groups is 1. The fraction of sp³-hybridized carbons (Fsp3) is 0.286. The van der Waals surface area contributed by atoms with E-state index >= 15 is 0 Å². The standard InChI is InChI=1S/C21H21N3O5/c1-14(25)15-2-4-16(5-3-15)22-20(26)13-23-8-9-24(21(23)27)17-6-7-18-19(12-17)29-11-10-28-18/h2-7,12H,8-11,13H2,1H3,(H,22,26). The molecule has 3 amide bonds. The van der Waals surface area contributed by atoms with Gasteiger partial charge in [-0.05, 0) is 43.3 Å². The van der Waals surface area contributed by atoms with Crippen LogP contribution in [-0.4, -0.2) is 55.5 Å². The van der Waals surface area contributed by atoms with Crippen LogP contribution in [0.4, 0.5) is 16.2 Å². The highest BCUT2D eigenvalue weighted by Crippen LogP contribution is 2.35. The number of fused-ring (bicyclic) bond motifs is 1. The summed E-state index contributed by atoms with van der Waals surface area (Å²) in [5.74, 6) is 0.952. The van der Waals surface area contributed by atoms with Gasteiger partial charge in [0.2, 0.25) is 5.91 Å². The summed E-state index contributed by atoms with van der Waals surface area (Å²) in [6, 6.07) is 11.8. The number of nitrogens with zero attached hydrogens (tertiary/aromatic N) is 2. The molecule has 2 aliphatic heterocycles. The molecule has 29 heavy (non-hydrogen) atoms. The van der Waals surface area contributed by atoms with Gasteiger partial charge < -0.3 is 19.7 Å². The summed E-state index contributed by atoms with van der Waals surface area (Å²) in [5, 5.41) is 2.75. The number of amides is 3. The molecule has 150 valence electrons. The molecule has 2 aromatic carbocycles. The monoisotopic (exact) mass is 395 g/mol. The van der Waals surface area contributed by atoms with Crippen LogP contribution in [0, 0.1) is 0 Å². The zero-order chi connectivity index (χ0) is 20.4. The van der Waals surface area contributed by atoms with Gasteiger partial charge >= 0.3 is 6.03 Å². The maximum absolute atomic E-state index is 12.7. The first-order valence-corrected chi connectivity index (χ1v) is 9.38. The topological polar surface area (TPSA) is 88.2 Å². The molecule has 4 rings (SSSR count). The van der Waals surface area contributed by atoms with Gasteiger partial charge in [0.05, 0.1) is 0 Å². The predicted octanol–water partition coefficient (Wildman–Crippen LogP) is 2.54. The van der Waals surface area contributed by atoms with Crippen molar-refractivity contribution < 1.29 is 23.9 Å². The number of anilines is 2. The van der Waals surface area contributed by atoms with Crippen LogP contribution in [0.3, 0.4) is 0 Å². The number of hydrogen-bond donors (Lipinski definition) is 1. The third-order valence-corrected chi connectivity index (χ3v) is 4.84. The Hall–Kier alpha value is -3.55. The smallest absolute Gasteiger partial charge is 0.325 e. The van der Waals surface area contributed by atoms with Gasteiger partial charge in [-0.3, -0.25) is 14.5 Å². The molecule has 0 atom stereocenters. The molecular formula is C21H21N3O5. The summed E-state index contributed by atoms with van der Waals surface area (Å²) in [6.07, 6.45) is 0. The molecule has 2 aromatic rings. The van der Waals surface area contributed by atoms with Crippen LogP contribution < -0.4 is 19.7 Å². The van der Waals surface area contributed by atoms with Gasteiger partial charge in [0, 0.05) is 36.1 Å². The van der Waals surface area contributed by atoms with E-state index in [0.717, 1.165) is 0 Å². The van der Waals surface area contributed by atoms with E-state index in [-0.39, 0.29) is 24.3 Å². The second-order valence-electron chi connectivity index (χ2n) is 6.87. The van der Waals surface area contributed by atoms with Gasteiger partial charge in [-0.1, -0.05) is 0 Å². The summed E-state index contributed by atoms with van der Waals surface area (Å²) in [6.45, 7) is 3.36. The fourth-order valence-corrected chi connectivity index (χ4v) is 3.33.